The van der Waals surface area contributed by atoms with Crippen LogP contribution in [0.1, 0.15) is 36.0 Å². The van der Waals surface area contributed by atoms with Gasteiger partial charge < -0.3 is 25.5 Å². The summed E-state index contributed by atoms with van der Waals surface area (Å²) >= 11 is 6.20. The molecule has 0 saturated carbocycles. The van der Waals surface area contributed by atoms with Crippen molar-refractivity contribution in [3.63, 3.8) is 0 Å². The molecule has 1 aromatic heterocycles. The van der Waals surface area contributed by atoms with Crippen molar-refractivity contribution in [1.29, 1.82) is 5.41 Å². The zero-order valence-corrected chi connectivity index (χ0v) is 17.1. The van der Waals surface area contributed by atoms with Gasteiger partial charge in [-0.3, -0.25) is 0 Å². The lowest BCUT2D eigenvalue weighted by molar-refractivity contribution is 0.0234. The van der Waals surface area contributed by atoms with E-state index < -0.39 is 0 Å². The van der Waals surface area contributed by atoms with Crippen molar-refractivity contribution < 1.29 is 14.2 Å². The first-order valence-electron chi connectivity index (χ1n) is 10.2. The Morgan fingerprint density at radius 1 is 1.37 bits per heavy atom. The van der Waals surface area contributed by atoms with Gasteiger partial charge in [-0.05, 0) is 60.5 Å². The predicted octanol–water partition coefficient (Wildman–Crippen LogP) is 2.88. The van der Waals surface area contributed by atoms with Crippen LogP contribution in [0.4, 0.5) is 16.0 Å². The number of ether oxygens (including phenoxy) is 1. The maximum atomic E-state index is 13.8. The number of rotatable bonds is 5. The van der Waals surface area contributed by atoms with Gasteiger partial charge in [-0.15, -0.1) is 0 Å². The van der Waals surface area contributed by atoms with E-state index in [1.54, 1.807) is 6.07 Å². The normalized spacial score (nSPS) is 24.0. The van der Waals surface area contributed by atoms with Crippen LogP contribution in [0.5, 0.6) is 0 Å². The molecule has 30 heavy (non-hydrogen) atoms. The molecular weight excluding hydrogens is 409 g/mol. The Balaban J connectivity index is 1.39. The van der Waals surface area contributed by atoms with Crippen LogP contribution in [-0.2, 0) is 16.6 Å². The Morgan fingerprint density at radius 3 is 2.93 bits per heavy atom. The van der Waals surface area contributed by atoms with Crippen molar-refractivity contribution in [3.8, 4) is 0 Å². The number of aromatic nitrogens is 2. The Morgan fingerprint density at radius 2 is 2.20 bits per heavy atom. The van der Waals surface area contributed by atoms with Crippen molar-refractivity contribution in [2.75, 3.05) is 29.9 Å². The number of aryl methyl sites for hydroxylation is 1. The molecule has 3 N–H and O–H groups in total. The molecule has 3 aliphatic rings. The van der Waals surface area contributed by atoms with E-state index in [0.717, 1.165) is 31.2 Å². The average molecular weight is 432 g/mol. The van der Waals surface area contributed by atoms with Crippen molar-refractivity contribution in [1.82, 2.24) is 9.97 Å². The summed E-state index contributed by atoms with van der Waals surface area (Å²) in [6.07, 6.45) is 4.14. The van der Waals surface area contributed by atoms with Gasteiger partial charge in [0.25, 0.3) is 0 Å². The van der Waals surface area contributed by atoms with Gasteiger partial charge in [-0.25, -0.2) is 4.39 Å². The van der Waals surface area contributed by atoms with Gasteiger partial charge >= 0.3 is 0 Å². The fourth-order valence-corrected chi connectivity index (χ4v) is 5.11. The van der Waals surface area contributed by atoms with Crippen molar-refractivity contribution >= 4 is 29.5 Å². The van der Waals surface area contributed by atoms with Crippen molar-refractivity contribution in [2.24, 2.45) is 0 Å². The molecular formula is C21H23ClFN5O2. The molecule has 2 fully saturated rings. The van der Waals surface area contributed by atoms with Crippen LogP contribution in [-0.4, -0.2) is 53.3 Å². The third-order valence-corrected chi connectivity index (χ3v) is 6.62. The Labute approximate surface area is 178 Å². The molecule has 5 rings (SSSR count). The van der Waals surface area contributed by atoms with Crippen LogP contribution in [0.25, 0.3) is 0 Å². The molecule has 3 heterocycles. The molecule has 7 nitrogen and oxygen atoms in total. The SMILES string of the molecule is N=Cc1c(NC2CCC(CO)O2)nc(Cl)nc1N1CC2(CCc3ccc(F)cc32)C1. The first-order chi connectivity index (χ1) is 14.5. The molecule has 2 atom stereocenters. The molecule has 1 aromatic carbocycles. The molecule has 9 heteroatoms. The zero-order valence-electron chi connectivity index (χ0n) is 16.4. The van der Waals surface area contributed by atoms with Crippen molar-refractivity contribution in [3.05, 3.63) is 46.0 Å². The summed E-state index contributed by atoms with van der Waals surface area (Å²) in [5, 5.41) is 20.5. The molecule has 0 radical (unpaired) electrons. The maximum absolute atomic E-state index is 13.8. The van der Waals surface area contributed by atoms with Gasteiger partial charge in [0, 0.05) is 24.7 Å². The summed E-state index contributed by atoms with van der Waals surface area (Å²) in [5.74, 6) is 0.838. The second-order valence-corrected chi connectivity index (χ2v) is 8.65. The van der Waals surface area contributed by atoms with E-state index in [0.29, 0.717) is 30.3 Å². The lowest BCUT2D eigenvalue weighted by atomic mass is 9.74. The van der Waals surface area contributed by atoms with Gasteiger partial charge in [0.1, 0.15) is 23.7 Å². The van der Waals surface area contributed by atoms with Crippen molar-refractivity contribution in [2.45, 2.75) is 43.4 Å². The summed E-state index contributed by atoms with van der Waals surface area (Å²) in [6.45, 7) is 1.37. The number of anilines is 2. The number of nitrogens with one attached hydrogen (secondary N) is 2. The summed E-state index contributed by atoms with van der Waals surface area (Å²) in [4.78, 5) is 10.7. The number of halogens is 2. The lowest BCUT2D eigenvalue weighted by Gasteiger charge is -2.50. The zero-order chi connectivity index (χ0) is 20.9. The molecule has 2 saturated heterocycles. The largest absolute Gasteiger partial charge is 0.394 e. The molecule has 2 aromatic rings. The summed E-state index contributed by atoms with van der Waals surface area (Å²) in [7, 11) is 0. The number of nitrogens with zero attached hydrogens (tertiary/aromatic N) is 3. The Hall–Kier alpha value is -2.29. The highest BCUT2D eigenvalue weighted by atomic mass is 35.5. The van der Waals surface area contributed by atoms with Gasteiger partial charge in [0.05, 0.1) is 18.3 Å². The van der Waals surface area contributed by atoms with Crippen LogP contribution in [0.2, 0.25) is 5.28 Å². The van der Waals surface area contributed by atoms with Gasteiger partial charge in [0.15, 0.2) is 0 Å². The number of aliphatic hydroxyl groups excluding tert-OH is 1. The highest BCUT2D eigenvalue weighted by molar-refractivity contribution is 6.28. The highest BCUT2D eigenvalue weighted by Gasteiger charge is 2.49. The van der Waals surface area contributed by atoms with E-state index in [1.165, 1.54) is 17.8 Å². The van der Waals surface area contributed by atoms with Gasteiger partial charge in [-0.1, -0.05) is 6.07 Å². The van der Waals surface area contributed by atoms with Gasteiger partial charge in [-0.2, -0.15) is 9.97 Å². The number of hydrogen-bond donors (Lipinski definition) is 3. The first-order valence-corrected chi connectivity index (χ1v) is 10.5. The molecule has 2 aliphatic heterocycles. The van der Waals surface area contributed by atoms with E-state index in [9.17, 15) is 9.50 Å². The molecule has 0 amide bonds. The monoisotopic (exact) mass is 431 g/mol. The minimum atomic E-state index is -0.299. The molecule has 158 valence electrons. The maximum Gasteiger partial charge on any atom is 0.226 e. The van der Waals surface area contributed by atoms with Crippen LogP contribution in [0.3, 0.4) is 0 Å². The smallest absolute Gasteiger partial charge is 0.226 e. The molecule has 1 spiro atoms. The minimum Gasteiger partial charge on any atom is -0.394 e. The second kappa shape index (κ2) is 7.44. The third-order valence-electron chi connectivity index (χ3n) is 6.45. The van der Waals surface area contributed by atoms with E-state index in [4.69, 9.17) is 21.7 Å². The fourth-order valence-electron chi connectivity index (χ4n) is 4.95. The Kier molecular flexibility index (Phi) is 4.88. The minimum absolute atomic E-state index is 0.0245. The molecule has 2 unspecified atom stereocenters. The fraction of sp³-hybridized carbons (Fsp3) is 0.476. The number of aliphatic hydroxyl groups is 1. The number of fused-ring (bicyclic) bond motifs is 2. The molecule has 1 aliphatic carbocycles. The van der Waals surface area contributed by atoms with Crippen LogP contribution in [0, 0.1) is 11.2 Å². The van der Waals surface area contributed by atoms with Crippen LogP contribution < -0.4 is 10.2 Å². The quantitative estimate of drug-likeness (QED) is 0.498. The van der Waals surface area contributed by atoms with E-state index >= 15 is 0 Å². The topological polar surface area (TPSA) is 94.4 Å². The predicted molar refractivity (Wildman–Crippen MR) is 112 cm³/mol. The summed E-state index contributed by atoms with van der Waals surface area (Å²) in [6, 6.07) is 5.07. The van der Waals surface area contributed by atoms with Crippen LogP contribution >= 0.6 is 11.6 Å². The number of hydrogen-bond acceptors (Lipinski definition) is 7. The van der Waals surface area contributed by atoms with Crippen LogP contribution in [0.15, 0.2) is 18.2 Å². The van der Waals surface area contributed by atoms with E-state index in [2.05, 4.69) is 20.2 Å². The summed E-state index contributed by atoms with van der Waals surface area (Å²) < 4.78 is 19.6. The molecule has 0 bridgehead atoms. The standard InChI is InChI=1S/C21H23ClFN5O2/c22-20-26-18(25-17-4-3-14(9-29)30-17)15(8-24)19(27-20)28-10-21(11-28)6-5-12-1-2-13(23)7-16(12)21/h1-2,7-8,14,17,24,29H,3-6,9-11H2,(H,25,26,27). The Bertz CT molecular complexity index is 998. The average Bonchev–Trinajstić information content (AvgIpc) is 3.30. The number of benzene rings is 1. The highest BCUT2D eigenvalue weighted by Crippen LogP contribution is 2.47. The lowest BCUT2D eigenvalue weighted by Crippen LogP contribution is -2.59. The van der Waals surface area contributed by atoms with E-state index in [1.807, 2.05) is 6.07 Å². The first kappa shape index (κ1) is 19.7. The van der Waals surface area contributed by atoms with E-state index in [-0.39, 0.29) is 35.5 Å². The summed E-state index contributed by atoms with van der Waals surface area (Å²) in [5.41, 5.74) is 2.76. The second-order valence-electron chi connectivity index (χ2n) is 8.31. The third kappa shape index (κ3) is 3.23. The van der Waals surface area contributed by atoms with Gasteiger partial charge in [0.2, 0.25) is 5.28 Å².